The SMILES string of the molecule is CN1C(=O)[C@H]2CC[C@@H]1CN(C(=O)c1ccc3sccc3c1)C2. The molecule has 1 aromatic carbocycles. The lowest BCUT2D eigenvalue weighted by atomic mass is 9.95. The maximum atomic E-state index is 12.8. The monoisotopic (exact) mass is 314 g/mol. The molecule has 1 aromatic heterocycles. The van der Waals surface area contributed by atoms with Crippen molar-refractivity contribution in [2.75, 3.05) is 20.1 Å². The van der Waals surface area contributed by atoms with E-state index >= 15 is 0 Å². The quantitative estimate of drug-likeness (QED) is 0.812. The Kier molecular flexibility index (Phi) is 3.18. The lowest BCUT2D eigenvalue weighted by Gasteiger charge is -2.32. The van der Waals surface area contributed by atoms with E-state index in [-0.39, 0.29) is 23.8 Å². The molecule has 114 valence electrons. The van der Waals surface area contributed by atoms with Gasteiger partial charge in [-0.15, -0.1) is 11.3 Å². The third-order valence-corrected chi connectivity index (χ3v) is 5.85. The van der Waals surface area contributed by atoms with Crippen LogP contribution in [0.3, 0.4) is 0 Å². The first-order valence-corrected chi connectivity index (χ1v) is 8.54. The number of hydrogen-bond acceptors (Lipinski definition) is 3. The van der Waals surface area contributed by atoms with Gasteiger partial charge in [0.2, 0.25) is 5.91 Å². The van der Waals surface area contributed by atoms with Crippen molar-refractivity contribution in [1.29, 1.82) is 0 Å². The number of rotatable bonds is 1. The van der Waals surface area contributed by atoms with Gasteiger partial charge in [0.05, 0.1) is 5.92 Å². The lowest BCUT2D eigenvalue weighted by molar-refractivity contribution is -0.138. The zero-order chi connectivity index (χ0) is 15.3. The zero-order valence-electron chi connectivity index (χ0n) is 12.5. The van der Waals surface area contributed by atoms with Crippen LogP contribution >= 0.6 is 11.3 Å². The summed E-state index contributed by atoms with van der Waals surface area (Å²) < 4.78 is 1.20. The molecule has 22 heavy (non-hydrogen) atoms. The summed E-state index contributed by atoms with van der Waals surface area (Å²) in [5, 5.41) is 3.15. The molecule has 0 radical (unpaired) electrons. The first kappa shape index (κ1) is 13.8. The number of piperidine rings is 1. The molecule has 4 nitrogen and oxygen atoms in total. The first-order chi connectivity index (χ1) is 10.6. The van der Waals surface area contributed by atoms with E-state index in [9.17, 15) is 9.59 Å². The second-order valence-electron chi connectivity index (χ2n) is 6.26. The molecule has 3 saturated heterocycles. The van der Waals surface area contributed by atoms with Gasteiger partial charge in [0.25, 0.3) is 5.91 Å². The third-order valence-electron chi connectivity index (χ3n) is 4.95. The largest absolute Gasteiger partial charge is 0.341 e. The number of thiophene rings is 1. The molecule has 3 aliphatic rings. The van der Waals surface area contributed by atoms with Gasteiger partial charge < -0.3 is 9.80 Å². The molecule has 0 aliphatic carbocycles. The smallest absolute Gasteiger partial charge is 0.253 e. The maximum Gasteiger partial charge on any atom is 0.253 e. The summed E-state index contributed by atoms with van der Waals surface area (Å²) in [5.41, 5.74) is 0.724. The number of carbonyl (C=O) groups is 2. The minimum atomic E-state index is -0.0300. The van der Waals surface area contributed by atoms with Crippen molar-refractivity contribution >= 4 is 33.2 Å². The van der Waals surface area contributed by atoms with E-state index in [1.807, 2.05) is 46.5 Å². The minimum absolute atomic E-state index is 0.0300. The van der Waals surface area contributed by atoms with Gasteiger partial charge in [-0.1, -0.05) is 0 Å². The summed E-state index contributed by atoms with van der Waals surface area (Å²) in [6.07, 6.45) is 1.90. The molecule has 0 spiro atoms. The van der Waals surface area contributed by atoms with Crippen LogP contribution in [0.1, 0.15) is 23.2 Å². The normalized spacial score (nSPS) is 24.9. The Hall–Kier alpha value is -1.88. The van der Waals surface area contributed by atoms with Crippen molar-refractivity contribution in [1.82, 2.24) is 9.80 Å². The Balaban J connectivity index is 1.63. The van der Waals surface area contributed by atoms with Crippen molar-refractivity contribution in [3.05, 3.63) is 35.2 Å². The summed E-state index contributed by atoms with van der Waals surface area (Å²) in [5.74, 6) is 0.213. The Morgan fingerprint density at radius 1 is 1.23 bits per heavy atom. The fourth-order valence-corrected chi connectivity index (χ4v) is 4.38. The molecule has 5 rings (SSSR count). The van der Waals surface area contributed by atoms with E-state index in [1.54, 1.807) is 11.3 Å². The highest BCUT2D eigenvalue weighted by molar-refractivity contribution is 7.17. The summed E-state index contributed by atoms with van der Waals surface area (Å²) in [6.45, 7) is 1.21. The summed E-state index contributed by atoms with van der Waals surface area (Å²) in [7, 11) is 1.87. The average Bonchev–Trinajstić information content (AvgIpc) is 2.84. The van der Waals surface area contributed by atoms with Crippen LogP contribution < -0.4 is 0 Å². The second-order valence-corrected chi connectivity index (χ2v) is 7.21. The topological polar surface area (TPSA) is 40.6 Å². The van der Waals surface area contributed by atoms with E-state index < -0.39 is 0 Å². The number of carbonyl (C=O) groups excluding carboxylic acids is 2. The Morgan fingerprint density at radius 2 is 2.09 bits per heavy atom. The average molecular weight is 314 g/mol. The number of hydrogen-bond donors (Lipinski definition) is 0. The Labute approximate surface area is 133 Å². The fraction of sp³-hybridized carbons (Fsp3) is 0.412. The highest BCUT2D eigenvalue weighted by atomic mass is 32.1. The van der Waals surface area contributed by atoms with E-state index in [0.717, 1.165) is 23.8 Å². The molecule has 0 N–H and O–H groups in total. The lowest BCUT2D eigenvalue weighted by Crippen LogP contribution is -2.45. The molecular weight excluding hydrogens is 296 g/mol. The molecule has 3 aliphatic heterocycles. The van der Waals surface area contributed by atoms with Crippen LogP contribution in [0.15, 0.2) is 29.6 Å². The molecule has 0 saturated carbocycles. The predicted octanol–water partition coefficient (Wildman–Crippen LogP) is 2.59. The number of nitrogens with zero attached hydrogens (tertiary/aromatic N) is 2. The summed E-state index contributed by atoms with van der Waals surface area (Å²) in [4.78, 5) is 28.8. The number of benzene rings is 1. The van der Waals surface area contributed by atoms with E-state index in [4.69, 9.17) is 0 Å². The maximum absolute atomic E-state index is 12.8. The van der Waals surface area contributed by atoms with Gasteiger partial charge in [0.1, 0.15) is 0 Å². The van der Waals surface area contributed by atoms with E-state index in [1.165, 1.54) is 4.70 Å². The van der Waals surface area contributed by atoms with Gasteiger partial charge in [-0.25, -0.2) is 0 Å². The van der Waals surface area contributed by atoms with Gasteiger partial charge in [-0.2, -0.15) is 0 Å². The molecule has 2 aromatic rings. The van der Waals surface area contributed by atoms with Crippen LogP contribution in [-0.4, -0.2) is 47.8 Å². The molecular formula is C17H18N2O2S. The molecule has 5 heteroatoms. The molecule has 4 heterocycles. The van der Waals surface area contributed by atoms with Crippen LogP contribution in [0.5, 0.6) is 0 Å². The van der Waals surface area contributed by atoms with E-state index in [2.05, 4.69) is 0 Å². The molecule has 2 amide bonds. The Bertz CT molecular complexity index is 754. The van der Waals surface area contributed by atoms with Gasteiger partial charge in [-0.05, 0) is 47.9 Å². The second kappa shape index (κ2) is 5.09. The third kappa shape index (κ3) is 2.11. The number of likely N-dealkylation sites (N-methyl/N-ethyl adjacent to an activating group) is 1. The summed E-state index contributed by atoms with van der Waals surface area (Å²) >= 11 is 1.68. The van der Waals surface area contributed by atoms with Crippen LogP contribution in [0.25, 0.3) is 10.1 Å². The number of amides is 2. The first-order valence-electron chi connectivity index (χ1n) is 7.66. The Morgan fingerprint density at radius 3 is 2.95 bits per heavy atom. The predicted molar refractivity (Wildman–Crippen MR) is 87.0 cm³/mol. The molecule has 0 unspecified atom stereocenters. The van der Waals surface area contributed by atoms with Crippen LogP contribution in [0.4, 0.5) is 0 Å². The van der Waals surface area contributed by atoms with Crippen LogP contribution in [-0.2, 0) is 4.79 Å². The van der Waals surface area contributed by atoms with Crippen molar-refractivity contribution in [3.63, 3.8) is 0 Å². The van der Waals surface area contributed by atoms with Gasteiger partial charge >= 0.3 is 0 Å². The highest BCUT2D eigenvalue weighted by Crippen LogP contribution is 2.29. The van der Waals surface area contributed by atoms with Crippen molar-refractivity contribution in [3.8, 4) is 0 Å². The van der Waals surface area contributed by atoms with Crippen molar-refractivity contribution in [2.24, 2.45) is 5.92 Å². The van der Waals surface area contributed by atoms with Crippen molar-refractivity contribution in [2.45, 2.75) is 18.9 Å². The van der Waals surface area contributed by atoms with Crippen LogP contribution in [0, 0.1) is 5.92 Å². The van der Waals surface area contributed by atoms with Gasteiger partial charge in [0, 0.05) is 36.4 Å². The van der Waals surface area contributed by atoms with Crippen molar-refractivity contribution < 1.29 is 9.59 Å². The number of fused-ring (bicyclic) bond motifs is 5. The van der Waals surface area contributed by atoms with E-state index in [0.29, 0.717) is 13.1 Å². The fourth-order valence-electron chi connectivity index (χ4n) is 3.60. The van der Waals surface area contributed by atoms with Gasteiger partial charge in [0.15, 0.2) is 0 Å². The minimum Gasteiger partial charge on any atom is -0.341 e. The molecule has 2 atom stereocenters. The van der Waals surface area contributed by atoms with Crippen LogP contribution in [0.2, 0.25) is 0 Å². The van der Waals surface area contributed by atoms with Gasteiger partial charge in [-0.3, -0.25) is 9.59 Å². The highest BCUT2D eigenvalue weighted by Gasteiger charge is 2.40. The molecule has 2 bridgehead atoms. The summed E-state index contributed by atoms with van der Waals surface area (Å²) in [6, 6.07) is 8.09. The molecule has 3 fully saturated rings. The standard InChI is InChI=1S/C17H18N2O2S/c1-18-14-4-2-13(16(18)20)9-19(10-14)17(21)12-3-5-15-11(8-12)6-7-22-15/h3,5-8,13-14H,2,4,9-10H2,1H3/t13-,14+/m0/s1. The zero-order valence-corrected chi connectivity index (χ0v) is 13.3.